The van der Waals surface area contributed by atoms with Crippen molar-refractivity contribution < 1.29 is 23.9 Å². The molecule has 0 spiro atoms. The van der Waals surface area contributed by atoms with Gasteiger partial charge in [-0.1, -0.05) is 6.07 Å². The Morgan fingerprint density at radius 3 is 2.67 bits per heavy atom. The van der Waals surface area contributed by atoms with Gasteiger partial charge < -0.3 is 24.6 Å². The molecule has 9 nitrogen and oxygen atoms in total. The number of carbonyl (C=O) groups excluding carboxylic acids is 3. The topological polar surface area (TPSA) is 101 Å². The van der Waals surface area contributed by atoms with Crippen LogP contribution in [0.3, 0.4) is 0 Å². The maximum Gasteiger partial charge on any atom is 0.410 e. The van der Waals surface area contributed by atoms with Crippen LogP contribution in [0.15, 0.2) is 24.5 Å². The van der Waals surface area contributed by atoms with Gasteiger partial charge in [0.2, 0.25) is 11.8 Å². The van der Waals surface area contributed by atoms with Crippen LogP contribution in [0.4, 0.5) is 4.79 Å². The third-order valence-corrected chi connectivity index (χ3v) is 5.25. The molecule has 0 aromatic carbocycles. The maximum absolute atomic E-state index is 12.6. The molecule has 1 atom stereocenters. The van der Waals surface area contributed by atoms with Crippen LogP contribution >= 0.6 is 0 Å². The van der Waals surface area contributed by atoms with E-state index in [1.165, 1.54) is 0 Å². The summed E-state index contributed by atoms with van der Waals surface area (Å²) in [5, 5.41) is 2.74. The summed E-state index contributed by atoms with van der Waals surface area (Å²) in [5.74, 6) is -0.262. The molecular formula is C24H38N4O5. The summed E-state index contributed by atoms with van der Waals surface area (Å²) < 4.78 is 10.9. The van der Waals surface area contributed by atoms with E-state index in [1.807, 2.05) is 40.7 Å². The molecule has 2 heterocycles. The number of hydrogen-bond donors (Lipinski definition) is 1. The molecule has 0 radical (unpaired) electrons. The monoisotopic (exact) mass is 462 g/mol. The minimum Gasteiger partial charge on any atom is -0.444 e. The maximum atomic E-state index is 12.6. The van der Waals surface area contributed by atoms with Gasteiger partial charge in [-0.25, -0.2) is 4.79 Å². The Morgan fingerprint density at radius 2 is 2.03 bits per heavy atom. The van der Waals surface area contributed by atoms with Gasteiger partial charge in [-0.2, -0.15) is 0 Å². The summed E-state index contributed by atoms with van der Waals surface area (Å²) >= 11 is 0. The second kappa shape index (κ2) is 12.5. The smallest absolute Gasteiger partial charge is 0.410 e. The highest BCUT2D eigenvalue weighted by Gasteiger charge is 2.30. The molecular weight excluding hydrogens is 424 g/mol. The zero-order valence-corrected chi connectivity index (χ0v) is 20.5. The summed E-state index contributed by atoms with van der Waals surface area (Å²) in [6, 6.07) is 3.67. The van der Waals surface area contributed by atoms with Gasteiger partial charge in [0, 0.05) is 44.6 Å². The number of rotatable bonds is 9. The lowest BCUT2D eigenvalue weighted by Crippen LogP contribution is -2.48. The Labute approximate surface area is 196 Å². The van der Waals surface area contributed by atoms with Crippen molar-refractivity contribution in [2.45, 2.75) is 65.6 Å². The third kappa shape index (κ3) is 9.77. The number of amides is 3. The van der Waals surface area contributed by atoms with Crippen LogP contribution < -0.4 is 5.32 Å². The first-order chi connectivity index (χ1) is 15.5. The third-order valence-electron chi connectivity index (χ3n) is 5.25. The van der Waals surface area contributed by atoms with Gasteiger partial charge in [0.25, 0.3) is 0 Å². The van der Waals surface area contributed by atoms with E-state index in [0.29, 0.717) is 26.2 Å². The molecule has 0 saturated carbocycles. The molecule has 1 aliphatic rings. The van der Waals surface area contributed by atoms with Gasteiger partial charge in [-0.05, 0) is 65.0 Å². The molecule has 3 amide bonds. The molecule has 1 aromatic rings. The first kappa shape index (κ1) is 26.6. The minimum atomic E-state index is -0.555. The number of likely N-dealkylation sites (tertiary alicyclic amines) is 1. The molecule has 0 unspecified atom stereocenters. The lowest BCUT2D eigenvalue weighted by Gasteiger charge is -2.37. The van der Waals surface area contributed by atoms with E-state index >= 15 is 0 Å². The summed E-state index contributed by atoms with van der Waals surface area (Å²) in [5.41, 5.74) is 0.337. The Balaban J connectivity index is 1.76. The van der Waals surface area contributed by atoms with Crippen LogP contribution in [-0.2, 0) is 25.6 Å². The van der Waals surface area contributed by atoms with Gasteiger partial charge in [0.15, 0.2) is 0 Å². The molecule has 33 heavy (non-hydrogen) atoms. The Bertz CT molecular complexity index is 779. The van der Waals surface area contributed by atoms with Crippen LogP contribution in [0.25, 0.3) is 0 Å². The van der Waals surface area contributed by atoms with Crippen molar-refractivity contribution in [1.82, 2.24) is 20.1 Å². The van der Waals surface area contributed by atoms with Crippen LogP contribution in [0.2, 0.25) is 0 Å². The predicted octanol–water partition coefficient (Wildman–Crippen LogP) is 2.60. The van der Waals surface area contributed by atoms with E-state index in [9.17, 15) is 14.4 Å². The summed E-state index contributed by atoms with van der Waals surface area (Å²) in [6.07, 6.45) is 4.82. The van der Waals surface area contributed by atoms with E-state index in [-0.39, 0.29) is 43.1 Å². The Hall–Kier alpha value is -2.68. The SMILES string of the molecule is CC(C)N(C[C@H]1CCCN(C(=O)COCC(=O)NCc2cccnc2)C1)C(=O)OC(C)(C)C. The number of hydrogen-bond acceptors (Lipinski definition) is 6. The molecule has 2 rings (SSSR count). The first-order valence-electron chi connectivity index (χ1n) is 11.6. The largest absolute Gasteiger partial charge is 0.444 e. The van der Waals surface area contributed by atoms with Crippen molar-refractivity contribution in [3.05, 3.63) is 30.1 Å². The van der Waals surface area contributed by atoms with Crippen molar-refractivity contribution in [2.24, 2.45) is 5.92 Å². The first-order valence-corrected chi connectivity index (χ1v) is 11.6. The molecule has 1 aromatic heterocycles. The minimum absolute atomic E-state index is 0.000518. The van der Waals surface area contributed by atoms with Crippen molar-refractivity contribution in [1.29, 1.82) is 0 Å². The molecule has 9 heteroatoms. The van der Waals surface area contributed by atoms with Crippen LogP contribution in [0.1, 0.15) is 53.0 Å². The molecule has 0 aliphatic carbocycles. The standard InChI is InChI=1S/C24H38N4O5/c1-18(2)28(23(31)33-24(3,4)5)15-20-9-7-11-27(14-20)22(30)17-32-16-21(29)26-13-19-8-6-10-25-12-19/h6,8,10,12,18,20H,7,9,11,13-17H2,1-5H3,(H,26,29)/t20-/m0/s1. The zero-order chi connectivity index (χ0) is 24.4. The number of pyridine rings is 1. The van der Waals surface area contributed by atoms with Gasteiger partial charge in [-0.15, -0.1) is 0 Å². The predicted molar refractivity (Wildman–Crippen MR) is 124 cm³/mol. The highest BCUT2D eigenvalue weighted by Crippen LogP contribution is 2.21. The van der Waals surface area contributed by atoms with Gasteiger partial charge in [-0.3, -0.25) is 14.6 Å². The summed E-state index contributed by atoms with van der Waals surface area (Å²) in [4.78, 5) is 44.6. The number of aromatic nitrogens is 1. The van der Waals surface area contributed by atoms with Crippen LogP contribution in [0, 0.1) is 5.92 Å². The fourth-order valence-corrected chi connectivity index (χ4v) is 3.61. The summed E-state index contributed by atoms with van der Waals surface area (Å²) in [7, 11) is 0. The highest BCUT2D eigenvalue weighted by atomic mass is 16.6. The van der Waals surface area contributed by atoms with E-state index in [2.05, 4.69) is 10.3 Å². The van der Waals surface area contributed by atoms with Crippen LogP contribution in [-0.4, -0.2) is 77.2 Å². The van der Waals surface area contributed by atoms with Crippen molar-refractivity contribution in [2.75, 3.05) is 32.8 Å². The molecule has 1 N–H and O–H groups in total. The number of nitrogens with one attached hydrogen (secondary N) is 1. The zero-order valence-electron chi connectivity index (χ0n) is 20.5. The van der Waals surface area contributed by atoms with Crippen LogP contribution in [0.5, 0.6) is 0 Å². The molecule has 1 fully saturated rings. The normalized spacial score (nSPS) is 16.4. The Morgan fingerprint density at radius 1 is 1.27 bits per heavy atom. The van der Waals surface area contributed by atoms with E-state index in [1.54, 1.807) is 28.3 Å². The fourth-order valence-electron chi connectivity index (χ4n) is 3.61. The molecule has 184 valence electrons. The summed E-state index contributed by atoms with van der Waals surface area (Å²) in [6.45, 7) is 11.3. The van der Waals surface area contributed by atoms with Gasteiger partial charge >= 0.3 is 6.09 Å². The number of nitrogens with zero attached hydrogens (tertiary/aromatic N) is 3. The number of carbonyl (C=O) groups is 3. The molecule has 0 bridgehead atoms. The van der Waals surface area contributed by atoms with E-state index < -0.39 is 5.60 Å². The average Bonchev–Trinajstić information content (AvgIpc) is 2.75. The molecule has 1 saturated heterocycles. The molecule has 1 aliphatic heterocycles. The quantitative estimate of drug-likeness (QED) is 0.605. The fraction of sp³-hybridized carbons (Fsp3) is 0.667. The van der Waals surface area contributed by atoms with E-state index in [0.717, 1.165) is 18.4 Å². The van der Waals surface area contributed by atoms with Crippen molar-refractivity contribution in [3.63, 3.8) is 0 Å². The van der Waals surface area contributed by atoms with Gasteiger partial charge in [0.05, 0.1) is 0 Å². The van der Waals surface area contributed by atoms with Crippen molar-refractivity contribution >= 4 is 17.9 Å². The van der Waals surface area contributed by atoms with Gasteiger partial charge in [0.1, 0.15) is 18.8 Å². The Kier molecular flexibility index (Phi) is 10.1. The van der Waals surface area contributed by atoms with E-state index in [4.69, 9.17) is 9.47 Å². The average molecular weight is 463 g/mol. The highest BCUT2D eigenvalue weighted by molar-refractivity contribution is 5.79. The lowest BCUT2D eigenvalue weighted by atomic mass is 9.97. The number of ether oxygens (including phenoxy) is 2. The number of piperidine rings is 1. The van der Waals surface area contributed by atoms with Crippen molar-refractivity contribution in [3.8, 4) is 0 Å². The second-order valence-electron chi connectivity index (χ2n) is 9.71. The lowest BCUT2D eigenvalue weighted by molar-refractivity contribution is -0.140. The second-order valence-corrected chi connectivity index (χ2v) is 9.71.